The number of rotatable bonds is 2. The van der Waals surface area contributed by atoms with Crippen LogP contribution >= 0.6 is 0 Å². The highest BCUT2D eigenvalue weighted by Crippen LogP contribution is 2.21. The molecule has 0 atom stereocenters. The lowest BCUT2D eigenvalue weighted by atomic mass is 10.00. The molecule has 2 aromatic carbocycles. The van der Waals surface area contributed by atoms with Gasteiger partial charge in [-0.15, -0.1) is 0 Å². The van der Waals surface area contributed by atoms with Gasteiger partial charge in [0.15, 0.2) is 0 Å². The molecule has 0 radical (unpaired) electrons. The van der Waals surface area contributed by atoms with Gasteiger partial charge >= 0.3 is 0 Å². The van der Waals surface area contributed by atoms with Crippen molar-refractivity contribution in [2.45, 2.75) is 26.7 Å². The Morgan fingerprint density at radius 3 is 2.71 bits per heavy atom. The Kier molecular flexibility index (Phi) is 2.53. The van der Waals surface area contributed by atoms with Crippen molar-refractivity contribution < 1.29 is 0 Å². The molecule has 0 aliphatic carbocycles. The van der Waals surface area contributed by atoms with E-state index in [9.17, 15) is 0 Å². The van der Waals surface area contributed by atoms with Crippen LogP contribution in [0.15, 0.2) is 36.4 Å². The molecule has 0 nitrogen and oxygen atoms in total. The molecule has 0 amide bonds. The molecule has 0 aromatic heterocycles. The molecule has 0 heterocycles. The Balaban J connectivity index is 2.64. The highest BCUT2D eigenvalue weighted by molar-refractivity contribution is 5.86. The highest BCUT2D eigenvalue weighted by Gasteiger charge is 1.99. The maximum atomic E-state index is 2.29. The lowest BCUT2D eigenvalue weighted by Crippen LogP contribution is -1.86. The summed E-state index contributed by atoms with van der Waals surface area (Å²) < 4.78 is 0. The molecule has 0 fully saturated rings. The van der Waals surface area contributed by atoms with E-state index >= 15 is 0 Å². The van der Waals surface area contributed by atoms with Crippen molar-refractivity contribution in [1.82, 2.24) is 0 Å². The number of hydrogen-bond acceptors (Lipinski definition) is 0. The summed E-state index contributed by atoms with van der Waals surface area (Å²) in [5, 5.41) is 2.79. The van der Waals surface area contributed by atoms with E-state index in [2.05, 4.69) is 50.2 Å². The lowest BCUT2D eigenvalue weighted by Gasteiger charge is -2.05. The summed E-state index contributed by atoms with van der Waals surface area (Å²) in [6.07, 6.45) is 2.40. The summed E-state index contributed by atoms with van der Waals surface area (Å²) in [5.41, 5.74) is 2.83. The Labute approximate surface area is 85.6 Å². The molecular formula is C14H16. The molecule has 2 rings (SSSR count). The van der Waals surface area contributed by atoms with Crippen LogP contribution in [-0.4, -0.2) is 0 Å². The van der Waals surface area contributed by atoms with Crippen molar-refractivity contribution in [3.05, 3.63) is 47.5 Å². The van der Waals surface area contributed by atoms with Crippen molar-refractivity contribution in [2.24, 2.45) is 0 Å². The van der Waals surface area contributed by atoms with Crippen molar-refractivity contribution in [3.8, 4) is 0 Å². The van der Waals surface area contributed by atoms with Gasteiger partial charge in [-0.25, -0.2) is 0 Å². The van der Waals surface area contributed by atoms with Gasteiger partial charge in [-0.05, 0) is 29.7 Å². The third-order valence-electron chi connectivity index (χ3n) is 2.65. The van der Waals surface area contributed by atoms with Crippen LogP contribution in [0.1, 0.15) is 24.5 Å². The van der Waals surface area contributed by atoms with Gasteiger partial charge < -0.3 is 0 Å². The van der Waals surface area contributed by atoms with Gasteiger partial charge in [-0.3, -0.25) is 0 Å². The molecule has 0 aliphatic rings. The van der Waals surface area contributed by atoms with Gasteiger partial charge in [0.25, 0.3) is 0 Å². The Morgan fingerprint density at radius 2 is 1.93 bits per heavy atom. The zero-order chi connectivity index (χ0) is 9.97. The average molecular weight is 184 g/mol. The fourth-order valence-corrected chi connectivity index (χ4v) is 1.94. The first-order valence-electron chi connectivity index (χ1n) is 5.29. The average Bonchev–Trinajstić information content (AvgIpc) is 2.19. The maximum absolute atomic E-state index is 2.29. The molecule has 0 N–H and O–H groups in total. The molecule has 0 aliphatic heterocycles. The van der Waals surface area contributed by atoms with Crippen LogP contribution in [-0.2, 0) is 6.42 Å². The molecule has 0 saturated heterocycles. The van der Waals surface area contributed by atoms with E-state index in [-0.39, 0.29) is 0 Å². The molecular weight excluding hydrogens is 168 g/mol. The maximum Gasteiger partial charge on any atom is -0.0149 e. The molecule has 0 heteroatoms. The standard InChI is InChI=1S/C14H16/c1-3-5-12-6-4-7-13-9-8-11(2)10-14(12)13/h4,6-10H,3,5H2,1-2H3. The second-order valence-corrected chi connectivity index (χ2v) is 3.89. The van der Waals surface area contributed by atoms with Crippen LogP contribution in [0.4, 0.5) is 0 Å². The summed E-state index contributed by atoms with van der Waals surface area (Å²) in [6, 6.07) is 13.3. The molecule has 0 unspecified atom stereocenters. The lowest BCUT2D eigenvalue weighted by molar-refractivity contribution is 0.929. The summed E-state index contributed by atoms with van der Waals surface area (Å²) in [5.74, 6) is 0. The smallest absolute Gasteiger partial charge is 0.0149 e. The second-order valence-electron chi connectivity index (χ2n) is 3.89. The van der Waals surface area contributed by atoms with E-state index in [1.165, 1.54) is 34.7 Å². The molecule has 0 spiro atoms. The van der Waals surface area contributed by atoms with Crippen LogP contribution in [0, 0.1) is 6.92 Å². The zero-order valence-electron chi connectivity index (χ0n) is 8.88. The van der Waals surface area contributed by atoms with E-state index in [0.29, 0.717) is 0 Å². The van der Waals surface area contributed by atoms with Crippen molar-refractivity contribution >= 4 is 10.8 Å². The topological polar surface area (TPSA) is 0 Å². The van der Waals surface area contributed by atoms with Crippen molar-refractivity contribution in [2.75, 3.05) is 0 Å². The minimum Gasteiger partial charge on any atom is -0.0651 e. The number of aryl methyl sites for hydroxylation is 2. The fourth-order valence-electron chi connectivity index (χ4n) is 1.94. The Morgan fingerprint density at radius 1 is 1.07 bits per heavy atom. The predicted molar refractivity (Wildman–Crippen MR) is 62.7 cm³/mol. The molecule has 14 heavy (non-hydrogen) atoms. The molecule has 0 bridgehead atoms. The normalized spacial score (nSPS) is 10.7. The third kappa shape index (κ3) is 1.65. The van der Waals surface area contributed by atoms with Gasteiger partial charge in [0.05, 0.1) is 0 Å². The molecule has 2 aromatic rings. The van der Waals surface area contributed by atoms with Crippen LogP contribution in [0.2, 0.25) is 0 Å². The van der Waals surface area contributed by atoms with E-state index in [4.69, 9.17) is 0 Å². The second kappa shape index (κ2) is 3.83. The van der Waals surface area contributed by atoms with Gasteiger partial charge in [-0.2, -0.15) is 0 Å². The SMILES string of the molecule is CCCc1cccc2ccc(C)cc12. The number of fused-ring (bicyclic) bond motifs is 1. The van der Waals surface area contributed by atoms with Crippen LogP contribution < -0.4 is 0 Å². The first-order chi connectivity index (χ1) is 6.81. The van der Waals surface area contributed by atoms with Crippen molar-refractivity contribution in [1.29, 1.82) is 0 Å². The Bertz CT molecular complexity index is 441. The highest BCUT2D eigenvalue weighted by atomic mass is 14.0. The first-order valence-corrected chi connectivity index (χ1v) is 5.29. The first kappa shape index (κ1) is 9.26. The Hall–Kier alpha value is -1.30. The summed E-state index contributed by atoms with van der Waals surface area (Å²) in [7, 11) is 0. The quantitative estimate of drug-likeness (QED) is 0.659. The minimum atomic E-state index is 1.18. The molecule has 72 valence electrons. The fraction of sp³-hybridized carbons (Fsp3) is 0.286. The van der Waals surface area contributed by atoms with Crippen molar-refractivity contribution in [3.63, 3.8) is 0 Å². The monoisotopic (exact) mass is 184 g/mol. The van der Waals surface area contributed by atoms with Gasteiger partial charge in [0, 0.05) is 0 Å². The summed E-state index contributed by atoms with van der Waals surface area (Å²) >= 11 is 0. The minimum absolute atomic E-state index is 1.18. The van der Waals surface area contributed by atoms with E-state index in [1.807, 2.05) is 0 Å². The van der Waals surface area contributed by atoms with E-state index < -0.39 is 0 Å². The largest absolute Gasteiger partial charge is 0.0651 e. The third-order valence-corrected chi connectivity index (χ3v) is 2.65. The van der Waals surface area contributed by atoms with Crippen LogP contribution in [0.25, 0.3) is 10.8 Å². The summed E-state index contributed by atoms with van der Waals surface area (Å²) in [6.45, 7) is 4.39. The number of hydrogen-bond donors (Lipinski definition) is 0. The predicted octanol–water partition coefficient (Wildman–Crippen LogP) is 4.10. The summed E-state index contributed by atoms with van der Waals surface area (Å²) in [4.78, 5) is 0. The number of benzene rings is 2. The van der Waals surface area contributed by atoms with Gasteiger partial charge in [0.1, 0.15) is 0 Å². The van der Waals surface area contributed by atoms with Gasteiger partial charge in [-0.1, -0.05) is 55.3 Å². The van der Waals surface area contributed by atoms with Crippen LogP contribution in [0.5, 0.6) is 0 Å². The van der Waals surface area contributed by atoms with E-state index in [1.54, 1.807) is 0 Å². The molecule has 0 saturated carbocycles. The van der Waals surface area contributed by atoms with Gasteiger partial charge in [0.2, 0.25) is 0 Å². The van der Waals surface area contributed by atoms with E-state index in [0.717, 1.165) is 0 Å². The zero-order valence-corrected chi connectivity index (χ0v) is 8.88. The van der Waals surface area contributed by atoms with Crippen LogP contribution in [0.3, 0.4) is 0 Å².